The van der Waals surface area contributed by atoms with Crippen molar-refractivity contribution in [2.24, 2.45) is 5.92 Å². The summed E-state index contributed by atoms with van der Waals surface area (Å²) >= 11 is 0. The highest BCUT2D eigenvalue weighted by atomic mass is 31.2. The molecule has 4 N–H and O–H groups in total. The van der Waals surface area contributed by atoms with Crippen LogP contribution < -0.4 is 25.7 Å². The Morgan fingerprint density at radius 3 is 2.05 bits per heavy atom. The van der Waals surface area contributed by atoms with Crippen molar-refractivity contribution in [1.29, 1.82) is 5.26 Å². The van der Waals surface area contributed by atoms with Crippen LogP contribution >= 0.6 is 16.1 Å². The zero-order valence-corrected chi connectivity index (χ0v) is 54.3. The van der Waals surface area contributed by atoms with E-state index in [1.165, 1.54) is 23.5 Å². The van der Waals surface area contributed by atoms with Crippen LogP contribution in [-0.4, -0.2) is 129 Å². The van der Waals surface area contributed by atoms with Crippen molar-refractivity contribution < 1.29 is 69.8 Å². The second-order valence-corrected chi connectivity index (χ2v) is 30.5. The number of methoxy groups -OCH3 is 2. The molecule has 30 heteroatoms. The van der Waals surface area contributed by atoms with Gasteiger partial charge in [-0.15, -0.1) is 0 Å². The SMILES string of the molecule is COc1ccc(C(OC[C@H]2O[C@@H](n3cnc4c(NC(=O)c5ccccc5)ncnc43)C[C@@H]2OP(=O)(OCCC#N)OC[C@H]2O[C@@H](n3cnc4c(=O)[nH]c(NC(=O)C(C)C)nc43)[C@H](O[PH](=O)O)[C@@H]2O[Si](C)(C)C(C)(C)C)(c2ccccc2)c2ccc(OC)cc2)cc1. The lowest BCUT2D eigenvalue weighted by Crippen LogP contribution is -2.50. The first-order valence-electron chi connectivity index (χ1n) is 29.2. The zero-order chi connectivity index (χ0) is 64.8. The summed E-state index contributed by atoms with van der Waals surface area (Å²) in [5, 5.41) is 14.8. The van der Waals surface area contributed by atoms with Crippen molar-refractivity contribution in [3.8, 4) is 17.6 Å². The minimum absolute atomic E-state index is 0.0905. The summed E-state index contributed by atoms with van der Waals surface area (Å²) in [6.45, 7) is 11.8. The fraction of sp³-hybridized carbons (Fsp3) is 0.393. The minimum atomic E-state index is -4.96. The molecule has 0 radical (unpaired) electrons. The summed E-state index contributed by atoms with van der Waals surface area (Å²) < 4.78 is 95.8. The lowest BCUT2D eigenvalue weighted by molar-refractivity contribution is -0.118. The first kappa shape index (κ1) is 66.1. The summed E-state index contributed by atoms with van der Waals surface area (Å²) in [6.07, 6.45) is -5.20. The van der Waals surface area contributed by atoms with Crippen molar-refractivity contribution in [3.05, 3.63) is 161 Å². The molecule has 0 aliphatic carbocycles. The second-order valence-electron chi connectivity index (χ2n) is 23.3. The van der Waals surface area contributed by atoms with Crippen LogP contribution in [0.1, 0.15) is 87.0 Å². The van der Waals surface area contributed by atoms with E-state index >= 15 is 4.57 Å². The van der Waals surface area contributed by atoms with Gasteiger partial charge in [0, 0.05) is 17.9 Å². The van der Waals surface area contributed by atoms with Crippen molar-refractivity contribution in [3.63, 3.8) is 0 Å². The van der Waals surface area contributed by atoms with E-state index in [-0.39, 0.29) is 53.5 Å². The number of benzene rings is 4. The molecule has 0 spiro atoms. The van der Waals surface area contributed by atoms with Gasteiger partial charge in [0.2, 0.25) is 11.9 Å². The maximum Gasteiger partial charge on any atom is 0.475 e. The Morgan fingerprint density at radius 1 is 0.813 bits per heavy atom. The van der Waals surface area contributed by atoms with E-state index in [1.54, 1.807) is 63.0 Å². The molecule has 2 aliphatic rings. The number of phosphoric ester groups is 1. The number of hydrogen-bond donors (Lipinski definition) is 4. The molecular weight excluding hydrogens is 1230 g/mol. The van der Waals surface area contributed by atoms with Crippen LogP contribution in [0.25, 0.3) is 22.3 Å². The van der Waals surface area contributed by atoms with Gasteiger partial charge in [0.05, 0.1) is 59.2 Å². The van der Waals surface area contributed by atoms with Gasteiger partial charge in [-0.1, -0.05) is 107 Å². The Balaban J connectivity index is 1.04. The van der Waals surface area contributed by atoms with Gasteiger partial charge in [-0.05, 0) is 71.2 Å². The molecule has 2 amide bonds. The van der Waals surface area contributed by atoms with E-state index in [9.17, 15) is 29.1 Å². The van der Waals surface area contributed by atoms with Crippen LogP contribution in [0.2, 0.25) is 18.1 Å². The van der Waals surface area contributed by atoms with E-state index in [0.29, 0.717) is 28.2 Å². The maximum atomic E-state index is 15.8. The molecule has 4 aromatic carbocycles. The molecule has 0 bridgehead atoms. The largest absolute Gasteiger partial charge is 0.497 e. The van der Waals surface area contributed by atoms with Crippen molar-refractivity contribution in [1.82, 2.24) is 39.0 Å². The Kier molecular flexibility index (Phi) is 20.3. The van der Waals surface area contributed by atoms with Gasteiger partial charge in [-0.3, -0.25) is 56.5 Å². The third-order valence-corrected chi connectivity index (χ3v) is 22.6. The average Bonchev–Trinajstić information content (AvgIpc) is 1.77. The number of aromatic nitrogens is 8. The number of imidazole rings is 2. The Labute approximate surface area is 525 Å². The summed E-state index contributed by atoms with van der Waals surface area (Å²) in [5.41, 5.74) is 0.609. The topological polar surface area (TPSA) is 336 Å². The van der Waals surface area contributed by atoms with Gasteiger partial charge in [-0.25, -0.2) is 24.5 Å². The van der Waals surface area contributed by atoms with Gasteiger partial charge >= 0.3 is 16.1 Å². The van der Waals surface area contributed by atoms with E-state index < -0.39 is 115 Å². The van der Waals surface area contributed by atoms with Crippen LogP contribution in [0, 0.1) is 17.2 Å². The maximum absolute atomic E-state index is 15.8. The number of nitrogens with one attached hydrogen (secondary N) is 3. The minimum Gasteiger partial charge on any atom is -0.497 e. The highest BCUT2D eigenvalue weighted by molar-refractivity contribution is 7.48. The lowest BCUT2D eigenvalue weighted by atomic mass is 9.80. The van der Waals surface area contributed by atoms with Gasteiger partial charge in [0.1, 0.15) is 60.2 Å². The number of fused-ring (bicyclic) bond motifs is 2. The van der Waals surface area contributed by atoms with Crippen molar-refractivity contribution >= 4 is 70.3 Å². The Hall–Kier alpha value is -7.87. The normalized spacial score (nSPS) is 20.5. The monoisotopic (exact) mass is 1300 g/mol. The van der Waals surface area contributed by atoms with Gasteiger partial charge in [0.25, 0.3) is 11.5 Å². The zero-order valence-electron chi connectivity index (χ0n) is 51.4. The second kappa shape index (κ2) is 27.9. The molecule has 2 saturated heterocycles. The highest BCUT2D eigenvalue weighted by Gasteiger charge is 2.54. The van der Waals surface area contributed by atoms with Gasteiger partial charge in [0.15, 0.2) is 42.7 Å². The molecule has 9 atom stereocenters. The average molecular weight is 1300 g/mol. The number of ether oxygens (including phenoxy) is 5. The number of nitriles is 1. The summed E-state index contributed by atoms with van der Waals surface area (Å²) in [6, 6.07) is 35.0. The van der Waals surface area contributed by atoms with E-state index in [0.717, 1.165) is 5.56 Å². The first-order valence-corrected chi connectivity index (χ1v) is 34.8. The summed E-state index contributed by atoms with van der Waals surface area (Å²) in [4.78, 5) is 75.2. The number of H-pyrrole nitrogens is 1. The molecule has 8 aromatic rings. The third-order valence-electron chi connectivity index (χ3n) is 16.1. The first-order chi connectivity index (χ1) is 43.5. The number of rotatable bonds is 26. The number of phosphoric acid groups is 1. The smallest absolute Gasteiger partial charge is 0.475 e. The molecule has 2 fully saturated rings. The van der Waals surface area contributed by atoms with Crippen molar-refractivity contribution in [2.45, 2.75) is 114 Å². The summed E-state index contributed by atoms with van der Waals surface area (Å²) in [5.74, 6) is -0.256. The molecule has 6 heterocycles. The molecule has 2 aliphatic heterocycles. The molecule has 480 valence electrons. The highest BCUT2D eigenvalue weighted by Crippen LogP contribution is 2.55. The standard InChI is InChI=1S/C61H71N11O16P2Si/c1-37(2)55(73)69-59-68-54-49(57(75)70-59)66-36-72(54)58-51(86-89(76)77)50(88-91(8,9)60(3,4)5)46(85-58)33-83-90(78,82-30-16-29-62)87-44-31-47(71-35-65-48-52(63-34-64-53(48)71)67-56(74)38-17-12-10-13-18-38)84-45(44)32-81-61(39-19-14-11-15-20-39,40-21-25-42(79-6)26-22-40)41-23-27-43(80-7)28-24-41/h10-15,17-28,34-37,44-47,50-51,58,89H,16,30-33H2,1-9H3,(H,76,77)(H,63,64,67,74)(H2,68,69,70,73,75)/t44-,45+,46+,47+,50+,51+,58+,90?/m0/s1. The number of aromatic amines is 1. The molecule has 10 rings (SSSR count). The number of nitrogens with zero attached hydrogens (tertiary/aromatic N) is 8. The molecule has 0 saturated carbocycles. The van der Waals surface area contributed by atoms with Gasteiger partial charge in [-0.2, -0.15) is 10.2 Å². The molecule has 91 heavy (non-hydrogen) atoms. The van der Waals surface area contributed by atoms with E-state index in [2.05, 4.69) is 40.5 Å². The van der Waals surface area contributed by atoms with Crippen LogP contribution in [0.3, 0.4) is 0 Å². The van der Waals surface area contributed by atoms with E-state index in [1.807, 2.05) is 119 Å². The number of hydrogen-bond acceptors (Lipinski definition) is 21. The Morgan fingerprint density at radius 2 is 1.44 bits per heavy atom. The fourth-order valence-electron chi connectivity index (χ4n) is 10.4. The molecular formula is C61H71N11O16P2Si. The number of carbonyl (C=O) groups is 2. The van der Waals surface area contributed by atoms with E-state index in [4.69, 9.17) is 46.2 Å². The molecule has 27 nitrogen and oxygen atoms in total. The quantitative estimate of drug-likeness (QED) is 0.0169. The lowest BCUT2D eigenvalue weighted by Gasteiger charge is -2.40. The Bertz CT molecular complexity index is 3990. The van der Waals surface area contributed by atoms with Crippen LogP contribution in [0.4, 0.5) is 11.8 Å². The third kappa shape index (κ3) is 14.4. The predicted octanol–water partition coefficient (Wildman–Crippen LogP) is 9.61. The molecule has 2 unspecified atom stereocenters. The number of anilines is 2. The van der Waals surface area contributed by atoms with Gasteiger partial charge < -0.3 is 38.3 Å². The predicted molar refractivity (Wildman–Crippen MR) is 335 cm³/mol. The van der Waals surface area contributed by atoms with Crippen LogP contribution in [0.5, 0.6) is 11.5 Å². The van der Waals surface area contributed by atoms with Crippen LogP contribution in [-0.2, 0) is 56.3 Å². The summed E-state index contributed by atoms with van der Waals surface area (Å²) in [7, 11) is -8.56. The molecule has 4 aromatic heterocycles. The number of carbonyl (C=O) groups excluding carboxylic acids is 2. The van der Waals surface area contributed by atoms with Crippen LogP contribution in [0.15, 0.2) is 133 Å². The fourth-order valence-corrected chi connectivity index (χ4v) is 13.6. The van der Waals surface area contributed by atoms with Crippen molar-refractivity contribution in [2.75, 3.05) is 44.7 Å². The number of amides is 2.